The lowest BCUT2D eigenvalue weighted by molar-refractivity contribution is -0.108. The predicted octanol–water partition coefficient (Wildman–Crippen LogP) is 7.17. The Morgan fingerprint density at radius 1 is 1.13 bits per heavy atom. The Hall–Kier alpha value is -3.60. The molecule has 2 aromatic rings. The van der Waals surface area contributed by atoms with Crippen LogP contribution >= 0.6 is 0 Å². The van der Waals surface area contributed by atoms with E-state index in [9.17, 15) is 4.79 Å². The molecule has 0 spiro atoms. The van der Waals surface area contributed by atoms with Crippen molar-refractivity contribution in [3.05, 3.63) is 89.4 Å². The zero-order chi connectivity index (χ0) is 26.9. The van der Waals surface area contributed by atoms with Crippen LogP contribution in [-0.4, -0.2) is 23.7 Å². The van der Waals surface area contributed by atoms with Gasteiger partial charge in [0.05, 0.1) is 5.70 Å². The Balaban J connectivity index is 1.59. The molecular weight excluding hydrogens is 468 g/mol. The lowest BCUT2D eigenvalue weighted by Crippen LogP contribution is -2.37. The number of hydrogen-bond acceptors (Lipinski definition) is 4. The Morgan fingerprint density at radius 2 is 1.87 bits per heavy atom. The lowest BCUT2D eigenvalue weighted by Gasteiger charge is -2.36. The van der Waals surface area contributed by atoms with Crippen LogP contribution in [0.2, 0.25) is 0 Å². The molecule has 5 heteroatoms. The Labute approximate surface area is 228 Å². The SMILES string of the molecule is C=C1C(Cc2ccc(-c3ccccc3C(=CN)NC=O)cc2)=C(CCCC)N=C(C)N1CC1CCCCC1. The number of amidine groups is 1. The molecule has 0 aromatic heterocycles. The fourth-order valence-electron chi connectivity index (χ4n) is 5.73. The van der Waals surface area contributed by atoms with E-state index in [1.54, 1.807) is 0 Å². The number of nitrogens with one attached hydrogen (secondary N) is 1. The second-order valence-electron chi connectivity index (χ2n) is 10.5. The molecule has 1 fully saturated rings. The van der Waals surface area contributed by atoms with Gasteiger partial charge in [0, 0.05) is 41.7 Å². The molecule has 1 amide bonds. The van der Waals surface area contributed by atoms with Crippen molar-refractivity contribution >= 4 is 17.9 Å². The minimum atomic E-state index is 0.593. The first kappa shape index (κ1) is 27.4. The monoisotopic (exact) mass is 510 g/mol. The smallest absolute Gasteiger partial charge is 0.211 e. The zero-order valence-corrected chi connectivity index (χ0v) is 23.0. The van der Waals surface area contributed by atoms with E-state index in [1.807, 2.05) is 18.2 Å². The van der Waals surface area contributed by atoms with Crippen LogP contribution in [-0.2, 0) is 11.2 Å². The molecule has 0 atom stereocenters. The van der Waals surface area contributed by atoms with Gasteiger partial charge in [0.15, 0.2) is 0 Å². The van der Waals surface area contributed by atoms with E-state index in [4.69, 9.17) is 10.7 Å². The summed E-state index contributed by atoms with van der Waals surface area (Å²) in [4.78, 5) is 18.6. The maximum absolute atomic E-state index is 11.1. The van der Waals surface area contributed by atoms with E-state index >= 15 is 0 Å². The van der Waals surface area contributed by atoms with Gasteiger partial charge in [-0.3, -0.25) is 4.79 Å². The fourth-order valence-corrected chi connectivity index (χ4v) is 5.73. The number of carbonyl (C=O) groups excluding carboxylic acids is 1. The van der Waals surface area contributed by atoms with E-state index in [2.05, 4.69) is 61.0 Å². The van der Waals surface area contributed by atoms with Crippen LogP contribution in [0, 0.1) is 5.92 Å². The number of unbranched alkanes of at least 4 members (excludes halogenated alkanes) is 1. The summed E-state index contributed by atoms with van der Waals surface area (Å²) in [5, 5.41) is 2.71. The Bertz CT molecular complexity index is 1220. The first-order valence-corrected chi connectivity index (χ1v) is 14.1. The molecule has 5 nitrogen and oxygen atoms in total. The van der Waals surface area contributed by atoms with Crippen LogP contribution < -0.4 is 11.1 Å². The first-order valence-electron chi connectivity index (χ1n) is 14.1. The van der Waals surface area contributed by atoms with Gasteiger partial charge in [-0.15, -0.1) is 0 Å². The van der Waals surface area contributed by atoms with E-state index in [0.717, 1.165) is 66.4 Å². The van der Waals surface area contributed by atoms with E-state index in [-0.39, 0.29) is 0 Å². The average molecular weight is 511 g/mol. The summed E-state index contributed by atoms with van der Waals surface area (Å²) < 4.78 is 0. The molecule has 0 saturated heterocycles. The molecule has 2 aliphatic rings. The molecule has 38 heavy (non-hydrogen) atoms. The van der Waals surface area contributed by atoms with Gasteiger partial charge in [0.2, 0.25) is 6.41 Å². The molecule has 3 N–H and O–H groups in total. The van der Waals surface area contributed by atoms with Crippen LogP contribution in [0.5, 0.6) is 0 Å². The summed E-state index contributed by atoms with van der Waals surface area (Å²) in [5.41, 5.74) is 14.2. The molecule has 1 aliphatic carbocycles. The third-order valence-electron chi connectivity index (χ3n) is 7.89. The minimum Gasteiger partial charge on any atom is -0.403 e. The fraction of sp³-hybridized carbons (Fsp3) is 0.394. The van der Waals surface area contributed by atoms with E-state index in [1.165, 1.54) is 55.1 Å². The van der Waals surface area contributed by atoms with Gasteiger partial charge in [-0.2, -0.15) is 0 Å². The number of rotatable bonds is 11. The Kier molecular flexibility index (Phi) is 9.58. The molecule has 0 bridgehead atoms. The number of amides is 1. The van der Waals surface area contributed by atoms with Crippen LogP contribution in [0.4, 0.5) is 0 Å². The van der Waals surface area contributed by atoms with Gasteiger partial charge in [-0.25, -0.2) is 4.99 Å². The second-order valence-corrected chi connectivity index (χ2v) is 10.5. The molecule has 4 rings (SSSR count). The summed E-state index contributed by atoms with van der Waals surface area (Å²) in [5.74, 6) is 1.82. The maximum Gasteiger partial charge on any atom is 0.211 e. The standard InChI is InChI=1S/C33H42N4O/c1-4-5-15-32-31(24(2)37(25(3)36-32)22-27-11-7-6-8-12-27)20-26-16-18-28(19-17-26)29-13-9-10-14-30(29)33(21-34)35-23-38/h9-10,13-14,16-19,21,23,27H,2,4-8,11-12,15,20,22,34H2,1,3H3,(H,35,38). The summed E-state index contributed by atoms with van der Waals surface area (Å²) in [6, 6.07) is 16.7. The largest absolute Gasteiger partial charge is 0.403 e. The van der Waals surface area contributed by atoms with Crippen LogP contribution in [0.25, 0.3) is 16.8 Å². The summed E-state index contributed by atoms with van der Waals surface area (Å²) in [7, 11) is 0. The highest BCUT2D eigenvalue weighted by Crippen LogP contribution is 2.34. The number of nitrogens with two attached hydrogens (primary N) is 1. The third kappa shape index (κ3) is 6.45. The van der Waals surface area contributed by atoms with Gasteiger partial charge < -0.3 is 16.0 Å². The van der Waals surface area contributed by atoms with Crippen molar-refractivity contribution in [2.24, 2.45) is 16.6 Å². The molecule has 1 aliphatic heterocycles. The van der Waals surface area contributed by atoms with Gasteiger partial charge in [-0.1, -0.05) is 87.7 Å². The topological polar surface area (TPSA) is 70.7 Å². The summed E-state index contributed by atoms with van der Waals surface area (Å²) in [6.07, 6.45) is 12.8. The number of aliphatic imine (C=N–C) groups is 1. The van der Waals surface area contributed by atoms with Crippen molar-refractivity contribution in [2.45, 2.75) is 71.6 Å². The first-order chi connectivity index (χ1) is 18.5. The Morgan fingerprint density at radius 3 is 2.55 bits per heavy atom. The average Bonchev–Trinajstić information content (AvgIpc) is 2.95. The summed E-state index contributed by atoms with van der Waals surface area (Å²) >= 11 is 0. The van der Waals surface area contributed by atoms with Crippen LogP contribution in [0.15, 0.2) is 83.3 Å². The quantitative estimate of drug-likeness (QED) is 0.315. The van der Waals surface area contributed by atoms with Gasteiger partial charge in [0.25, 0.3) is 0 Å². The predicted molar refractivity (Wildman–Crippen MR) is 159 cm³/mol. The minimum absolute atomic E-state index is 0.593. The van der Waals surface area contributed by atoms with Crippen molar-refractivity contribution in [1.82, 2.24) is 10.2 Å². The maximum atomic E-state index is 11.1. The number of nitrogens with zero attached hydrogens (tertiary/aromatic N) is 2. The van der Waals surface area contributed by atoms with E-state index in [0.29, 0.717) is 12.1 Å². The number of benzene rings is 2. The second kappa shape index (κ2) is 13.3. The van der Waals surface area contributed by atoms with Crippen molar-refractivity contribution in [3.8, 4) is 11.1 Å². The highest BCUT2D eigenvalue weighted by molar-refractivity contribution is 5.85. The lowest BCUT2D eigenvalue weighted by atomic mass is 9.88. The van der Waals surface area contributed by atoms with Crippen molar-refractivity contribution < 1.29 is 4.79 Å². The van der Waals surface area contributed by atoms with Gasteiger partial charge in [0.1, 0.15) is 5.84 Å². The number of allylic oxidation sites excluding steroid dienone is 2. The molecular formula is C33H42N4O. The molecule has 200 valence electrons. The number of carbonyl (C=O) groups is 1. The van der Waals surface area contributed by atoms with Gasteiger partial charge in [-0.05, 0) is 55.2 Å². The van der Waals surface area contributed by atoms with E-state index < -0.39 is 0 Å². The normalized spacial score (nSPS) is 17.0. The van der Waals surface area contributed by atoms with Gasteiger partial charge >= 0.3 is 0 Å². The number of hydrogen-bond donors (Lipinski definition) is 2. The molecule has 1 heterocycles. The van der Waals surface area contributed by atoms with Crippen molar-refractivity contribution in [1.29, 1.82) is 0 Å². The highest BCUT2D eigenvalue weighted by atomic mass is 16.1. The molecule has 2 aromatic carbocycles. The highest BCUT2D eigenvalue weighted by Gasteiger charge is 2.26. The molecule has 0 radical (unpaired) electrons. The van der Waals surface area contributed by atoms with Crippen molar-refractivity contribution in [3.63, 3.8) is 0 Å². The zero-order valence-electron chi connectivity index (χ0n) is 23.0. The summed E-state index contributed by atoms with van der Waals surface area (Å²) in [6.45, 7) is 10.0. The molecule has 0 unspecified atom stereocenters. The van der Waals surface area contributed by atoms with Crippen LogP contribution in [0.1, 0.15) is 76.3 Å². The molecule has 1 saturated carbocycles. The van der Waals surface area contributed by atoms with Crippen LogP contribution in [0.3, 0.4) is 0 Å². The third-order valence-corrected chi connectivity index (χ3v) is 7.89. The van der Waals surface area contributed by atoms with Crippen molar-refractivity contribution in [2.75, 3.05) is 6.54 Å².